The smallest absolute Gasteiger partial charge is 0.206 e. The van der Waals surface area contributed by atoms with Crippen molar-refractivity contribution in [2.75, 3.05) is 5.43 Å². The van der Waals surface area contributed by atoms with Crippen molar-refractivity contribution in [2.24, 2.45) is 5.10 Å². The molecule has 2 aromatic carbocycles. The Morgan fingerprint density at radius 2 is 1.46 bits per heavy atom. The second kappa shape index (κ2) is 6.61. The Kier molecular flexibility index (Phi) is 4.53. The number of benzene rings is 2. The highest BCUT2D eigenvalue weighted by Crippen LogP contribution is 2.23. The zero-order valence-corrected chi connectivity index (χ0v) is 14.6. The molecule has 4 nitrogen and oxygen atoms in total. The van der Waals surface area contributed by atoms with E-state index in [2.05, 4.69) is 23.5 Å². The second-order valence-electron chi connectivity index (χ2n) is 6.05. The summed E-state index contributed by atoms with van der Waals surface area (Å²) in [6.45, 7) is 4.02. The van der Waals surface area contributed by atoms with Crippen LogP contribution in [0.25, 0.3) is 0 Å². The summed E-state index contributed by atoms with van der Waals surface area (Å²) < 4.78 is 25.2. The first-order valence-corrected chi connectivity index (χ1v) is 9.35. The number of sulfone groups is 1. The van der Waals surface area contributed by atoms with Crippen LogP contribution in [0.2, 0.25) is 0 Å². The van der Waals surface area contributed by atoms with Crippen molar-refractivity contribution in [3.05, 3.63) is 65.7 Å². The number of nitrogens with one attached hydrogen (secondary N) is 1. The fourth-order valence-corrected chi connectivity index (χ4v) is 3.80. The van der Waals surface area contributed by atoms with Crippen molar-refractivity contribution in [2.45, 2.75) is 36.5 Å². The molecule has 0 bridgehead atoms. The van der Waals surface area contributed by atoms with Gasteiger partial charge in [-0.15, -0.1) is 0 Å². The Bertz CT molecular complexity index is 893. The van der Waals surface area contributed by atoms with Crippen LogP contribution in [0.3, 0.4) is 0 Å². The van der Waals surface area contributed by atoms with Gasteiger partial charge in [0.1, 0.15) is 0 Å². The van der Waals surface area contributed by atoms with E-state index in [-0.39, 0.29) is 4.90 Å². The van der Waals surface area contributed by atoms with Gasteiger partial charge in [0.05, 0.1) is 21.2 Å². The van der Waals surface area contributed by atoms with Crippen LogP contribution < -0.4 is 5.43 Å². The molecule has 0 radical (unpaired) electrons. The normalized spacial score (nSPS) is 16.2. The van der Waals surface area contributed by atoms with E-state index < -0.39 is 9.84 Å². The van der Waals surface area contributed by atoms with Crippen molar-refractivity contribution in [3.63, 3.8) is 0 Å². The number of allylic oxidation sites excluding steroid dienone is 2. The summed E-state index contributed by atoms with van der Waals surface area (Å²) in [4.78, 5) is 0.585. The molecule has 24 heavy (non-hydrogen) atoms. The summed E-state index contributed by atoms with van der Waals surface area (Å²) in [7, 11) is -3.48. The lowest BCUT2D eigenvalue weighted by atomic mass is 10.2. The van der Waals surface area contributed by atoms with E-state index in [1.807, 2.05) is 6.92 Å². The molecule has 0 aromatic heterocycles. The Hall–Kier alpha value is -2.40. The third-order valence-corrected chi connectivity index (χ3v) is 5.80. The molecule has 124 valence electrons. The first kappa shape index (κ1) is 16.5. The van der Waals surface area contributed by atoms with Gasteiger partial charge in [-0.1, -0.05) is 23.3 Å². The fraction of sp³-hybridized carbons (Fsp3) is 0.211. The molecule has 1 aliphatic rings. The maximum Gasteiger partial charge on any atom is 0.206 e. The number of anilines is 1. The third-order valence-electron chi connectivity index (χ3n) is 4.01. The van der Waals surface area contributed by atoms with Crippen LogP contribution in [0.5, 0.6) is 0 Å². The van der Waals surface area contributed by atoms with E-state index in [9.17, 15) is 8.42 Å². The highest BCUT2D eigenvalue weighted by Gasteiger charge is 2.17. The summed E-state index contributed by atoms with van der Waals surface area (Å²) in [5.41, 5.74) is 7.13. The molecule has 0 saturated carbocycles. The number of nitrogens with zero attached hydrogens (tertiary/aromatic N) is 1. The molecule has 0 unspecified atom stereocenters. The SMILES string of the molecule is CC1=C/C(=N/Nc2ccc(S(=O)(=O)c3ccc(C)cc3)cc2)CC1. The molecular formula is C19H20N2O2S. The molecule has 0 saturated heterocycles. The topological polar surface area (TPSA) is 58.5 Å². The van der Waals surface area contributed by atoms with Crippen LogP contribution in [0.15, 0.2) is 75.1 Å². The van der Waals surface area contributed by atoms with E-state index in [0.717, 1.165) is 29.8 Å². The van der Waals surface area contributed by atoms with Crippen LogP contribution in [0, 0.1) is 6.92 Å². The zero-order chi connectivity index (χ0) is 17.2. The number of hydrazone groups is 1. The Morgan fingerprint density at radius 1 is 0.875 bits per heavy atom. The van der Waals surface area contributed by atoms with Crippen LogP contribution in [-0.2, 0) is 9.84 Å². The van der Waals surface area contributed by atoms with Gasteiger partial charge in [-0.25, -0.2) is 8.42 Å². The molecule has 0 fully saturated rings. The maximum atomic E-state index is 12.6. The predicted molar refractivity (Wildman–Crippen MR) is 97.1 cm³/mol. The standard InChI is InChI=1S/C19H20N2O2S/c1-14-4-9-18(10-5-14)24(22,23)19-11-7-16(8-12-19)20-21-17-6-3-15(2)13-17/h4-5,7-13,20H,3,6H2,1-2H3/b21-17+. The Balaban J connectivity index is 1.78. The molecule has 3 rings (SSSR count). The molecule has 0 heterocycles. The molecule has 0 atom stereocenters. The summed E-state index contributed by atoms with van der Waals surface area (Å²) in [6.07, 6.45) is 4.07. The van der Waals surface area contributed by atoms with Crippen molar-refractivity contribution in [1.29, 1.82) is 0 Å². The number of aryl methyl sites for hydroxylation is 1. The third kappa shape index (κ3) is 3.57. The lowest BCUT2D eigenvalue weighted by molar-refractivity contribution is 0.596. The second-order valence-corrected chi connectivity index (χ2v) is 8.00. The van der Waals surface area contributed by atoms with Gasteiger partial charge in [-0.2, -0.15) is 5.10 Å². The van der Waals surface area contributed by atoms with Crippen molar-refractivity contribution in [1.82, 2.24) is 0 Å². The minimum Gasteiger partial charge on any atom is -0.278 e. The maximum absolute atomic E-state index is 12.6. The molecule has 0 amide bonds. The van der Waals surface area contributed by atoms with Gasteiger partial charge < -0.3 is 0 Å². The van der Waals surface area contributed by atoms with Crippen LogP contribution in [0.1, 0.15) is 25.3 Å². The number of rotatable bonds is 4. The van der Waals surface area contributed by atoms with Gasteiger partial charge in [0.25, 0.3) is 0 Å². The molecule has 0 aliphatic heterocycles. The van der Waals surface area contributed by atoms with E-state index in [1.54, 1.807) is 48.5 Å². The quantitative estimate of drug-likeness (QED) is 0.843. The molecule has 1 aliphatic carbocycles. The van der Waals surface area contributed by atoms with Gasteiger partial charge in [-0.05, 0) is 69.2 Å². The Morgan fingerprint density at radius 3 is 2.00 bits per heavy atom. The molecule has 0 spiro atoms. The van der Waals surface area contributed by atoms with Gasteiger partial charge >= 0.3 is 0 Å². The van der Waals surface area contributed by atoms with Crippen LogP contribution in [-0.4, -0.2) is 14.1 Å². The Labute approximate surface area is 142 Å². The van der Waals surface area contributed by atoms with Gasteiger partial charge in [0.2, 0.25) is 9.84 Å². The molecule has 2 aromatic rings. The van der Waals surface area contributed by atoms with E-state index in [4.69, 9.17) is 0 Å². The highest BCUT2D eigenvalue weighted by atomic mass is 32.2. The van der Waals surface area contributed by atoms with Crippen molar-refractivity contribution >= 4 is 21.2 Å². The minimum absolute atomic E-state index is 0.279. The largest absolute Gasteiger partial charge is 0.278 e. The fourth-order valence-electron chi connectivity index (χ4n) is 2.54. The minimum atomic E-state index is -3.48. The summed E-state index contributed by atoms with van der Waals surface area (Å²) in [6, 6.07) is 13.6. The van der Waals surface area contributed by atoms with Gasteiger partial charge in [0, 0.05) is 0 Å². The molecule has 5 heteroatoms. The average Bonchev–Trinajstić information content (AvgIpc) is 2.99. The zero-order valence-electron chi connectivity index (χ0n) is 13.8. The van der Waals surface area contributed by atoms with Crippen LogP contribution >= 0.6 is 0 Å². The summed E-state index contributed by atoms with van der Waals surface area (Å²) >= 11 is 0. The lowest BCUT2D eigenvalue weighted by Gasteiger charge is -2.07. The van der Waals surface area contributed by atoms with E-state index in [0.29, 0.717) is 4.90 Å². The summed E-state index contributed by atoms with van der Waals surface area (Å²) in [5.74, 6) is 0. The molecular weight excluding hydrogens is 320 g/mol. The summed E-state index contributed by atoms with van der Waals surface area (Å²) in [5, 5.41) is 4.34. The van der Waals surface area contributed by atoms with Crippen molar-refractivity contribution < 1.29 is 8.42 Å². The number of hydrogen-bond donors (Lipinski definition) is 1. The first-order chi connectivity index (χ1) is 11.4. The average molecular weight is 340 g/mol. The van der Waals surface area contributed by atoms with E-state index >= 15 is 0 Å². The lowest BCUT2D eigenvalue weighted by Crippen LogP contribution is -2.02. The highest BCUT2D eigenvalue weighted by molar-refractivity contribution is 7.91. The van der Waals surface area contributed by atoms with E-state index in [1.165, 1.54) is 5.57 Å². The monoisotopic (exact) mass is 340 g/mol. The first-order valence-electron chi connectivity index (χ1n) is 7.87. The van der Waals surface area contributed by atoms with Crippen molar-refractivity contribution in [3.8, 4) is 0 Å². The predicted octanol–water partition coefficient (Wildman–Crippen LogP) is 4.34. The van der Waals surface area contributed by atoms with Gasteiger partial charge in [0.15, 0.2) is 0 Å². The van der Waals surface area contributed by atoms with Crippen LogP contribution in [0.4, 0.5) is 5.69 Å². The molecule has 1 N–H and O–H groups in total. The number of hydrogen-bond acceptors (Lipinski definition) is 4. The van der Waals surface area contributed by atoms with Gasteiger partial charge in [-0.3, -0.25) is 5.43 Å².